The van der Waals surface area contributed by atoms with Gasteiger partial charge in [0, 0.05) is 5.69 Å². The molecule has 1 aliphatic heterocycles. The van der Waals surface area contributed by atoms with Crippen molar-refractivity contribution in [3.63, 3.8) is 0 Å². The molecule has 2 heterocycles. The van der Waals surface area contributed by atoms with Gasteiger partial charge in [0.2, 0.25) is 5.91 Å². The van der Waals surface area contributed by atoms with Crippen molar-refractivity contribution >= 4 is 40.0 Å². The Hall–Kier alpha value is -3.04. The molecule has 1 aliphatic rings. The minimum atomic E-state index is -0.0370. The molecule has 1 fully saturated rings. The lowest BCUT2D eigenvalue weighted by Crippen LogP contribution is -2.24. The number of nitrogens with zero attached hydrogens (tertiary/aromatic N) is 3. The Kier molecular flexibility index (Phi) is 3.56. The molecule has 0 saturated carbocycles. The van der Waals surface area contributed by atoms with Crippen LogP contribution in [-0.2, 0) is 4.79 Å². The molecule has 2 aromatic carbocycles. The Morgan fingerprint density at radius 2 is 1.92 bits per heavy atom. The zero-order chi connectivity index (χ0) is 16.5. The average molecular weight is 332 g/mol. The van der Waals surface area contributed by atoms with Gasteiger partial charge in [-0.15, -0.1) is 0 Å². The number of rotatable bonds is 2. The van der Waals surface area contributed by atoms with E-state index in [4.69, 9.17) is 0 Å². The van der Waals surface area contributed by atoms with Gasteiger partial charge in [-0.2, -0.15) is 5.26 Å². The monoisotopic (exact) mass is 332 g/mol. The highest BCUT2D eigenvalue weighted by molar-refractivity contribution is 8.04. The number of nitrogens with one attached hydrogen (secondary N) is 1. The van der Waals surface area contributed by atoms with E-state index >= 15 is 0 Å². The zero-order valence-corrected chi connectivity index (χ0v) is 13.4. The van der Waals surface area contributed by atoms with Crippen LogP contribution in [0.15, 0.2) is 59.6 Å². The van der Waals surface area contributed by atoms with E-state index in [-0.39, 0.29) is 5.91 Å². The lowest BCUT2D eigenvalue weighted by molar-refractivity contribution is -0.115. The molecule has 0 aliphatic carbocycles. The fourth-order valence-corrected chi connectivity index (χ4v) is 3.68. The van der Waals surface area contributed by atoms with Gasteiger partial charge in [0.25, 0.3) is 0 Å². The number of amides is 1. The standard InChI is InChI=1S/C18H12N4OS/c19-10-13(17-20-14-8-4-5-9-15(14)21-17)18-22(16(23)11-24-18)12-6-2-1-3-7-12/h1-9H,11H2,(H,20,21)/b18-13+. The number of fused-ring (bicyclic) bond motifs is 1. The van der Waals surface area contributed by atoms with E-state index < -0.39 is 0 Å². The second kappa shape index (κ2) is 5.87. The van der Waals surface area contributed by atoms with Crippen LogP contribution in [0.25, 0.3) is 16.6 Å². The number of H-pyrrole nitrogens is 1. The summed E-state index contributed by atoms with van der Waals surface area (Å²) in [6.45, 7) is 0. The van der Waals surface area contributed by atoms with Crippen molar-refractivity contribution in [2.24, 2.45) is 0 Å². The normalized spacial score (nSPS) is 16.5. The number of hydrogen-bond donors (Lipinski definition) is 1. The Balaban J connectivity index is 1.88. The molecule has 1 amide bonds. The first kappa shape index (κ1) is 14.5. The van der Waals surface area contributed by atoms with Crippen LogP contribution in [0.3, 0.4) is 0 Å². The SMILES string of the molecule is N#C/C(=C1\SCC(=O)N1c1ccccc1)c1nc2ccccc2[nH]1. The lowest BCUT2D eigenvalue weighted by Gasteiger charge is -2.17. The first-order valence-corrected chi connectivity index (χ1v) is 8.37. The predicted octanol–water partition coefficient (Wildman–Crippen LogP) is 3.54. The first-order chi connectivity index (χ1) is 11.8. The summed E-state index contributed by atoms with van der Waals surface area (Å²) in [6, 6.07) is 19.2. The summed E-state index contributed by atoms with van der Waals surface area (Å²) in [6.07, 6.45) is 0. The number of carbonyl (C=O) groups is 1. The molecule has 0 atom stereocenters. The molecule has 0 radical (unpaired) electrons. The Morgan fingerprint density at radius 3 is 2.67 bits per heavy atom. The van der Waals surface area contributed by atoms with E-state index in [0.717, 1.165) is 16.7 Å². The third-order valence-electron chi connectivity index (χ3n) is 3.75. The summed E-state index contributed by atoms with van der Waals surface area (Å²) in [5.74, 6) is 0.761. The van der Waals surface area contributed by atoms with Crippen LogP contribution in [0, 0.1) is 11.3 Å². The van der Waals surface area contributed by atoms with E-state index in [1.807, 2.05) is 54.6 Å². The minimum absolute atomic E-state index is 0.0370. The number of para-hydroxylation sites is 3. The second-order valence-electron chi connectivity index (χ2n) is 5.25. The maximum absolute atomic E-state index is 12.3. The molecule has 0 bridgehead atoms. The van der Waals surface area contributed by atoms with Crippen LogP contribution in [-0.4, -0.2) is 21.6 Å². The fourth-order valence-electron chi connectivity index (χ4n) is 2.67. The molecule has 6 heteroatoms. The quantitative estimate of drug-likeness (QED) is 0.729. The molecule has 0 unspecified atom stereocenters. The van der Waals surface area contributed by atoms with Crippen molar-refractivity contribution in [3.8, 4) is 6.07 Å². The zero-order valence-electron chi connectivity index (χ0n) is 12.6. The van der Waals surface area contributed by atoms with Gasteiger partial charge in [0.1, 0.15) is 16.7 Å². The number of aromatic nitrogens is 2. The van der Waals surface area contributed by atoms with Crippen LogP contribution in [0.5, 0.6) is 0 Å². The first-order valence-electron chi connectivity index (χ1n) is 7.38. The molecule has 1 aromatic heterocycles. The molecule has 1 saturated heterocycles. The molecular formula is C18H12N4OS. The van der Waals surface area contributed by atoms with Crippen LogP contribution in [0.1, 0.15) is 5.82 Å². The lowest BCUT2D eigenvalue weighted by atomic mass is 10.2. The van der Waals surface area contributed by atoms with Crippen molar-refractivity contribution in [3.05, 3.63) is 65.5 Å². The van der Waals surface area contributed by atoms with E-state index in [0.29, 0.717) is 22.2 Å². The molecule has 3 aromatic rings. The van der Waals surface area contributed by atoms with Crippen molar-refractivity contribution < 1.29 is 4.79 Å². The Morgan fingerprint density at radius 1 is 1.17 bits per heavy atom. The second-order valence-corrected chi connectivity index (χ2v) is 6.21. The third kappa shape index (κ3) is 2.36. The Bertz CT molecular complexity index is 968. The van der Waals surface area contributed by atoms with Gasteiger partial charge in [-0.1, -0.05) is 42.1 Å². The van der Waals surface area contributed by atoms with Gasteiger partial charge in [0.05, 0.1) is 16.8 Å². The molecule has 116 valence electrons. The number of anilines is 1. The summed E-state index contributed by atoms with van der Waals surface area (Å²) in [7, 11) is 0. The molecular weight excluding hydrogens is 320 g/mol. The van der Waals surface area contributed by atoms with Crippen molar-refractivity contribution in [1.29, 1.82) is 5.26 Å². The van der Waals surface area contributed by atoms with E-state index in [1.54, 1.807) is 4.90 Å². The summed E-state index contributed by atoms with van der Waals surface area (Å²) in [5.41, 5.74) is 2.79. The summed E-state index contributed by atoms with van der Waals surface area (Å²) in [4.78, 5) is 21.6. The number of thioether (sulfide) groups is 1. The highest BCUT2D eigenvalue weighted by Gasteiger charge is 2.32. The highest BCUT2D eigenvalue weighted by Crippen LogP contribution is 2.38. The fraction of sp³-hybridized carbons (Fsp3) is 0.0556. The largest absolute Gasteiger partial charge is 0.337 e. The Labute approximate surface area is 142 Å². The number of nitriles is 1. The maximum atomic E-state index is 12.3. The van der Waals surface area contributed by atoms with E-state index in [2.05, 4.69) is 16.0 Å². The maximum Gasteiger partial charge on any atom is 0.242 e. The summed E-state index contributed by atoms with van der Waals surface area (Å²) in [5, 5.41) is 10.3. The van der Waals surface area contributed by atoms with Crippen LogP contribution >= 0.6 is 11.8 Å². The van der Waals surface area contributed by atoms with Gasteiger partial charge < -0.3 is 4.98 Å². The van der Waals surface area contributed by atoms with Crippen LogP contribution < -0.4 is 4.90 Å². The summed E-state index contributed by atoms with van der Waals surface area (Å²) >= 11 is 1.36. The number of imidazole rings is 1. The molecule has 4 rings (SSSR count). The van der Waals surface area contributed by atoms with Gasteiger partial charge in [-0.25, -0.2) is 4.98 Å². The van der Waals surface area contributed by atoms with E-state index in [9.17, 15) is 10.1 Å². The van der Waals surface area contributed by atoms with E-state index in [1.165, 1.54) is 11.8 Å². The summed E-state index contributed by atoms with van der Waals surface area (Å²) < 4.78 is 0. The van der Waals surface area contributed by atoms with Gasteiger partial charge in [-0.3, -0.25) is 9.69 Å². The van der Waals surface area contributed by atoms with Crippen molar-refractivity contribution in [1.82, 2.24) is 9.97 Å². The molecule has 1 N–H and O–H groups in total. The number of benzene rings is 2. The van der Waals surface area contributed by atoms with Crippen molar-refractivity contribution in [2.75, 3.05) is 10.7 Å². The number of hydrogen-bond acceptors (Lipinski definition) is 4. The smallest absolute Gasteiger partial charge is 0.242 e. The average Bonchev–Trinajstić information content (AvgIpc) is 3.20. The predicted molar refractivity (Wildman–Crippen MR) is 95.0 cm³/mol. The number of carbonyl (C=O) groups excluding carboxylic acids is 1. The van der Waals surface area contributed by atoms with Crippen molar-refractivity contribution in [2.45, 2.75) is 0 Å². The van der Waals surface area contributed by atoms with Crippen LogP contribution in [0.2, 0.25) is 0 Å². The van der Waals surface area contributed by atoms with Gasteiger partial charge >= 0.3 is 0 Å². The van der Waals surface area contributed by atoms with Gasteiger partial charge in [-0.05, 0) is 24.3 Å². The number of allylic oxidation sites excluding steroid dienone is 1. The minimum Gasteiger partial charge on any atom is -0.337 e. The molecule has 0 spiro atoms. The molecule has 5 nitrogen and oxygen atoms in total. The highest BCUT2D eigenvalue weighted by atomic mass is 32.2. The molecule has 24 heavy (non-hydrogen) atoms. The topological polar surface area (TPSA) is 72.8 Å². The van der Waals surface area contributed by atoms with Gasteiger partial charge in [0.15, 0.2) is 5.82 Å². The van der Waals surface area contributed by atoms with Crippen LogP contribution in [0.4, 0.5) is 5.69 Å². The third-order valence-corrected chi connectivity index (χ3v) is 4.80. The number of aromatic amines is 1.